The highest BCUT2D eigenvalue weighted by molar-refractivity contribution is 8.01. The molecule has 1 amide bonds. The summed E-state index contributed by atoms with van der Waals surface area (Å²) in [6, 6.07) is 8.72. The number of thioether (sulfide) groups is 1. The number of likely N-dealkylation sites (tertiary alicyclic amines) is 1. The van der Waals surface area contributed by atoms with E-state index in [2.05, 4.69) is 0 Å². The standard InChI is InChI=1S/C16H20N2O3S2/c19-16(17-9-4-5-10-17)15-12-22-13-18(15)23(20,21)11-8-14-6-2-1-3-7-14/h1-3,6-8,11,15H,4-5,9-10,12-13H2/b11-8+/t15-/m0/s1. The number of carbonyl (C=O) groups excluding carboxylic acids is 1. The van der Waals surface area contributed by atoms with E-state index in [0.717, 1.165) is 31.5 Å². The van der Waals surface area contributed by atoms with Crippen molar-refractivity contribution in [1.29, 1.82) is 0 Å². The molecule has 0 spiro atoms. The van der Waals surface area contributed by atoms with Crippen LogP contribution in [0.2, 0.25) is 0 Å². The maximum atomic E-state index is 12.6. The highest BCUT2D eigenvalue weighted by Crippen LogP contribution is 2.27. The first-order valence-electron chi connectivity index (χ1n) is 7.69. The fourth-order valence-corrected chi connectivity index (χ4v) is 5.75. The van der Waals surface area contributed by atoms with Gasteiger partial charge in [0.1, 0.15) is 6.04 Å². The van der Waals surface area contributed by atoms with E-state index in [1.54, 1.807) is 11.0 Å². The first-order chi connectivity index (χ1) is 11.1. The summed E-state index contributed by atoms with van der Waals surface area (Å²) in [7, 11) is -3.60. The molecular weight excluding hydrogens is 332 g/mol. The molecule has 23 heavy (non-hydrogen) atoms. The van der Waals surface area contributed by atoms with Crippen LogP contribution in [0, 0.1) is 0 Å². The molecule has 0 radical (unpaired) electrons. The quantitative estimate of drug-likeness (QED) is 0.831. The Bertz CT molecular complexity index is 683. The summed E-state index contributed by atoms with van der Waals surface area (Å²) >= 11 is 1.49. The number of benzene rings is 1. The third-order valence-corrected chi connectivity index (χ3v) is 6.80. The van der Waals surface area contributed by atoms with Gasteiger partial charge in [0.15, 0.2) is 0 Å². The van der Waals surface area contributed by atoms with Crippen LogP contribution in [0.25, 0.3) is 6.08 Å². The Hall–Kier alpha value is -1.31. The van der Waals surface area contributed by atoms with Crippen molar-refractivity contribution in [3.05, 3.63) is 41.3 Å². The topological polar surface area (TPSA) is 57.7 Å². The molecule has 7 heteroatoms. The van der Waals surface area contributed by atoms with Gasteiger partial charge in [-0.1, -0.05) is 30.3 Å². The van der Waals surface area contributed by atoms with E-state index in [1.165, 1.54) is 21.5 Å². The Labute approximate surface area is 141 Å². The smallest absolute Gasteiger partial charge is 0.241 e. The largest absolute Gasteiger partial charge is 0.341 e. The van der Waals surface area contributed by atoms with Crippen LogP contribution in [0.3, 0.4) is 0 Å². The number of nitrogens with zero attached hydrogens (tertiary/aromatic N) is 2. The highest BCUT2D eigenvalue weighted by atomic mass is 32.2. The summed E-state index contributed by atoms with van der Waals surface area (Å²) in [4.78, 5) is 14.4. The SMILES string of the molecule is O=C([C@@H]1CSCN1S(=O)(=O)/C=C/c1ccccc1)N1CCCC1. The molecule has 2 saturated heterocycles. The van der Waals surface area contributed by atoms with Crippen LogP contribution in [-0.4, -0.2) is 54.3 Å². The van der Waals surface area contributed by atoms with Gasteiger partial charge < -0.3 is 4.90 Å². The fourth-order valence-electron chi connectivity index (χ4n) is 2.83. The zero-order valence-electron chi connectivity index (χ0n) is 12.8. The zero-order chi connectivity index (χ0) is 16.3. The van der Waals surface area contributed by atoms with Crippen molar-refractivity contribution in [1.82, 2.24) is 9.21 Å². The third kappa shape index (κ3) is 3.79. The van der Waals surface area contributed by atoms with Crippen LogP contribution < -0.4 is 0 Å². The number of hydrogen-bond acceptors (Lipinski definition) is 4. The third-order valence-electron chi connectivity index (χ3n) is 4.10. The normalized spacial score (nSPS) is 23.0. The Morgan fingerprint density at radius 1 is 1.17 bits per heavy atom. The summed E-state index contributed by atoms with van der Waals surface area (Å²) in [6.07, 6.45) is 3.59. The second-order valence-electron chi connectivity index (χ2n) is 5.69. The van der Waals surface area contributed by atoms with Crippen LogP contribution in [0.1, 0.15) is 18.4 Å². The molecule has 124 valence electrons. The van der Waals surface area contributed by atoms with E-state index in [1.807, 2.05) is 30.3 Å². The molecule has 3 rings (SSSR count). The zero-order valence-corrected chi connectivity index (χ0v) is 14.4. The molecule has 2 aliphatic rings. The van der Waals surface area contributed by atoms with Crippen LogP contribution >= 0.6 is 11.8 Å². The average molecular weight is 352 g/mol. The monoisotopic (exact) mass is 352 g/mol. The van der Waals surface area contributed by atoms with Crippen molar-refractivity contribution in [3.8, 4) is 0 Å². The predicted octanol–water partition coefficient (Wildman–Crippen LogP) is 1.98. The van der Waals surface area contributed by atoms with Gasteiger partial charge in [-0.3, -0.25) is 4.79 Å². The van der Waals surface area contributed by atoms with E-state index in [0.29, 0.717) is 11.6 Å². The number of carbonyl (C=O) groups is 1. The van der Waals surface area contributed by atoms with E-state index >= 15 is 0 Å². The molecule has 2 heterocycles. The van der Waals surface area contributed by atoms with Gasteiger partial charge in [0.05, 0.1) is 5.88 Å². The highest BCUT2D eigenvalue weighted by Gasteiger charge is 2.40. The number of hydrogen-bond donors (Lipinski definition) is 0. The lowest BCUT2D eigenvalue weighted by atomic mass is 10.2. The predicted molar refractivity (Wildman–Crippen MR) is 93.2 cm³/mol. The molecule has 0 N–H and O–H groups in total. The van der Waals surface area contributed by atoms with Gasteiger partial charge in [-0.25, -0.2) is 8.42 Å². The van der Waals surface area contributed by atoms with Crippen molar-refractivity contribution in [2.24, 2.45) is 0 Å². The summed E-state index contributed by atoms with van der Waals surface area (Å²) in [5.74, 6) is 0.823. The van der Waals surface area contributed by atoms with E-state index in [-0.39, 0.29) is 5.91 Å². The maximum absolute atomic E-state index is 12.6. The second kappa shape index (κ2) is 7.07. The molecule has 0 bridgehead atoms. The van der Waals surface area contributed by atoms with Gasteiger partial charge in [0.2, 0.25) is 15.9 Å². The summed E-state index contributed by atoms with van der Waals surface area (Å²) in [5.41, 5.74) is 0.824. The lowest BCUT2D eigenvalue weighted by molar-refractivity contribution is -0.133. The molecule has 0 aromatic heterocycles. The first-order valence-corrected chi connectivity index (χ1v) is 10.4. The Balaban J connectivity index is 1.75. The molecule has 0 aliphatic carbocycles. The van der Waals surface area contributed by atoms with Crippen LogP contribution in [0.4, 0.5) is 0 Å². The van der Waals surface area contributed by atoms with Gasteiger partial charge in [0, 0.05) is 24.3 Å². The summed E-state index contributed by atoms with van der Waals surface area (Å²) < 4.78 is 26.5. The van der Waals surface area contributed by atoms with Gasteiger partial charge in [-0.2, -0.15) is 4.31 Å². The summed E-state index contributed by atoms with van der Waals surface area (Å²) in [5, 5.41) is 1.21. The number of rotatable bonds is 4. The van der Waals surface area contributed by atoms with Crippen LogP contribution in [-0.2, 0) is 14.8 Å². The van der Waals surface area contributed by atoms with Crippen molar-refractivity contribution < 1.29 is 13.2 Å². The minimum absolute atomic E-state index is 0.0517. The van der Waals surface area contributed by atoms with E-state index in [4.69, 9.17) is 0 Å². The summed E-state index contributed by atoms with van der Waals surface area (Å²) in [6.45, 7) is 1.49. The number of amides is 1. The molecule has 1 atom stereocenters. The van der Waals surface area contributed by atoms with Crippen LogP contribution in [0.15, 0.2) is 35.7 Å². The minimum atomic E-state index is -3.60. The van der Waals surface area contributed by atoms with Gasteiger partial charge in [-0.15, -0.1) is 11.8 Å². The van der Waals surface area contributed by atoms with Crippen molar-refractivity contribution in [3.63, 3.8) is 0 Å². The molecule has 2 aliphatic heterocycles. The Kier molecular flexibility index (Phi) is 5.08. The molecule has 0 saturated carbocycles. The van der Waals surface area contributed by atoms with E-state index < -0.39 is 16.1 Å². The van der Waals surface area contributed by atoms with Crippen molar-refractivity contribution >= 4 is 33.8 Å². The molecule has 2 fully saturated rings. The molecule has 0 unspecified atom stereocenters. The molecular formula is C16H20N2O3S2. The first kappa shape index (κ1) is 16.5. The molecule has 5 nitrogen and oxygen atoms in total. The van der Waals surface area contributed by atoms with Crippen LogP contribution in [0.5, 0.6) is 0 Å². The van der Waals surface area contributed by atoms with Gasteiger partial charge in [0.25, 0.3) is 0 Å². The Morgan fingerprint density at radius 2 is 1.87 bits per heavy atom. The van der Waals surface area contributed by atoms with Crippen molar-refractivity contribution in [2.45, 2.75) is 18.9 Å². The molecule has 1 aromatic carbocycles. The Morgan fingerprint density at radius 3 is 2.57 bits per heavy atom. The maximum Gasteiger partial charge on any atom is 0.241 e. The fraction of sp³-hybridized carbons (Fsp3) is 0.438. The van der Waals surface area contributed by atoms with Gasteiger partial charge >= 0.3 is 0 Å². The number of sulfonamides is 1. The molecule has 1 aromatic rings. The van der Waals surface area contributed by atoms with E-state index in [9.17, 15) is 13.2 Å². The average Bonchev–Trinajstić information content (AvgIpc) is 3.25. The van der Waals surface area contributed by atoms with Crippen molar-refractivity contribution in [2.75, 3.05) is 24.7 Å². The second-order valence-corrected chi connectivity index (χ2v) is 8.46. The lowest BCUT2D eigenvalue weighted by Crippen LogP contribution is -2.47. The van der Waals surface area contributed by atoms with Gasteiger partial charge in [-0.05, 0) is 24.5 Å². The minimum Gasteiger partial charge on any atom is -0.341 e. The lowest BCUT2D eigenvalue weighted by Gasteiger charge is -2.25.